The number of rotatable bonds is 4. The third kappa shape index (κ3) is 3.60. The van der Waals surface area contributed by atoms with E-state index >= 15 is 0 Å². The summed E-state index contributed by atoms with van der Waals surface area (Å²) >= 11 is 0. The van der Waals surface area contributed by atoms with Gasteiger partial charge in [-0.15, -0.1) is 0 Å². The third-order valence-electron chi connectivity index (χ3n) is 4.49. The molecule has 0 bridgehead atoms. The molecule has 3 nitrogen and oxygen atoms in total. The van der Waals surface area contributed by atoms with Crippen molar-refractivity contribution in [1.82, 2.24) is 4.90 Å². The van der Waals surface area contributed by atoms with Crippen molar-refractivity contribution in [2.75, 3.05) is 18.4 Å². The lowest BCUT2D eigenvalue weighted by Crippen LogP contribution is -2.36. The van der Waals surface area contributed by atoms with Gasteiger partial charge in [-0.25, -0.2) is 0 Å². The average molecular weight is 272 g/mol. The Kier molecular flexibility index (Phi) is 4.06. The largest absolute Gasteiger partial charge is 0.326 e. The Balaban J connectivity index is 1.44. The summed E-state index contributed by atoms with van der Waals surface area (Å²) < 4.78 is 0. The summed E-state index contributed by atoms with van der Waals surface area (Å²) in [6, 6.07) is 8.88. The van der Waals surface area contributed by atoms with Crippen LogP contribution in [0.4, 0.5) is 5.69 Å². The topological polar surface area (TPSA) is 32.3 Å². The number of anilines is 1. The first-order valence-corrected chi connectivity index (χ1v) is 7.81. The number of likely N-dealkylation sites (tertiary alicyclic amines) is 1. The predicted molar refractivity (Wildman–Crippen MR) is 81.7 cm³/mol. The van der Waals surface area contributed by atoms with Gasteiger partial charge in [-0.05, 0) is 69.3 Å². The summed E-state index contributed by atoms with van der Waals surface area (Å²) in [7, 11) is 0. The third-order valence-corrected chi connectivity index (χ3v) is 4.49. The van der Waals surface area contributed by atoms with Crippen molar-refractivity contribution >= 4 is 11.6 Å². The van der Waals surface area contributed by atoms with Crippen molar-refractivity contribution < 1.29 is 4.79 Å². The Bertz CT molecular complexity index is 474. The van der Waals surface area contributed by atoms with Crippen molar-refractivity contribution in [3.8, 4) is 0 Å². The van der Waals surface area contributed by atoms with Crippen LogP contribution in [0.3, 0.4) is 0 Å². The molecule has 1 heterocycles. The molecular weight excluding hydrogens is 248 g/mol. The van der Waals surface area contributed by atoms with Crippen LogP contribution in [0.5, 0.6) is 0 Å². The second-order valence-electron chi connectivity index (χ2n) is 6.33. The Morgan fingerprint density at radius 2 is 2.00 bits per heavy atom. The van der Waals surface area contributed by atoms with Gasteiger partial charge in [0.2, 0.25) is 5.91 Å². The molecule has 1 aliphatic heterocycles. The summed E-state index contributed by atoms with van der Waals surface area (Å²) in [5.41, 5.74) is 2.10. The van der Waals surface area contributed by atoms with Crippen LogP contribution in [0.15, 0.2) is 24.3 Å². The minimum Gasteiger partial charge on any atom is -0.326 e. The average Bonchev–Trinajstić information content (AvgIpc) is 3.24. The molecule has 0 unspecified atom stereocenters. The van der Waals surface area contributed by atoms with E-state index in [2.05, 4.69) is 10.2 Å². The zero-order valence-corrected chi connectivity index (χ0v) is 12.3. The highest BCUT2D eigenvalue weighted by atomic mass is 16.1. The number of piperidine rings is 1. The second-order valence-corrected chi connectivity index (χ2v) is 6.33. The van der Waals surface area contributed by atoms with E-state index in [1.54, 1.807) is 0 Å². The van der Waals surface area contributed by atoms with Crippen LogP contribution in [0.25, 0.3) is 0 Å². The van der Waals surface area contributed by atoms with E-state index in [1.165, 1.54) is 44.3 Å². The minimum absolute atomic E-state index is 0.167. The molecule has 108 valence electrons. The molecule has 0 spiro atoms. The van der Waals surface area contributed by atoms with Gasteiger partial charge in [0.15, 0.2) is 0 Å². The summed E-state index contributed by atoms with van der Waals surface area (Å²) in [5.74, 6) is 0.732. The summed E-state index contributed by atoms with van der Waals surface area (Å²) in [6.07, 6.45) is 5.80. The van der Waals surface area contributed by atoms with Crippen LogP contribution in [0.2, 0.25) is 0 Å². The molecule has 1 saturated heterocycles. The van der Waals surface area contributed by atoms with E-state index in [0.29, 0.717) is 12.3 Å². The van der Waals surface area contributed by atoms with Crippen LogP contribution in [0.1, 0.15) is 37.7 Å². The number of hydrogen-bond donors (Lipinski definition) is 1. The van der Waals surface area contributed by atoms with Crippen LogP contribution in [-0.4, -0.2) is 29.9 Å². The van der Waals surface area contributed by atoms with Crippen molar-refractivity contribution in [2.45, 2.75) is 45.1 Å². The molecule has 1 aromatic rings. The van der Waals surface area contributed by atoms with E-state index in [4.69, 9.17) is 0 Å². The van der Waals surface area contributed by atoms with Gasteiger partial charge in [0.05, 0.1) is 0 Å². The molecule has 0 aromatic heterocycles. The molecule has 0 radical (unpaired) electrons. The fourth-order valence-corrected chi connectivity index (χ4v) is 3.16. The fourth-order valence-electron chi connectivity index (χ4n) is 3.16. The van der Waals surface area contributed by atoms with E-state index in [9.17, 15) is 4.79 Å². The first-order valence-electron chi connectivity index (χ1n) is 7.81. The van der Waals surface area contributed by atoms with Gasteiger partial charge >= 0.3 is 0 Å². The van der Waals surface area contributed by atoms with E-state index in [1.807, 2.05) is 31.2 Å². The van der Waals surface area contributed by atoms with Crippen LogP contribution < -0.4 is 5.32 Å². The highest BCUT2D eigenvalue weighted by Gasteiger charge is 2.32. The summed E-state index contributed by atoms with van der Waals surface area (Å²) in [5, 5.41) is 3.02. The SMILES string of the molecule is Cc1cccc(NC(=O)CC2CCN(C3CC3)CC2)c1. The highest BCUT2D eigenvalue weighted by molar-refractivity contribution is 5.90. The second kappa shape index (κ2) is 5.96. The molecule has 1 amide bonds. The standard InChI is InChI=1S/C17H24N2O/c1-13-3-2-4-15(11-13)18-17(20)12-14-7-9-19(10-8-14)16-5-6-16/h2-4,11,14,16H,5-10,12H2,1H3,(H,18,20). The lowest BCUT2D eigenvalue weighted by Gasteiger charge is -2.31. The fraction of sp³-hybridized carbons (Fsp3) is 0.588. The van der Waals surface area contributed by atoms with Crippen molar-refractivity contribution in [1.29, 1.82) is 0 Å². The maximum absolute atomic E-state index is 12.1. The summed E-state index contributed by atoms with van der Waals surface area (Å²) in [6.45, 7) is 4.42. The molecule has 3 heteroatoms. The normalized spacial score (nSPS) is 20.9. The van der Waals surface area contributed by atoms with Gasteiger partial charge in [-0.1, -0.05) is 12.1 Å². The molecule has 1 saturated carbocycles. The Labute approximate surface area is 121 Å². The van der Waals surface area contributed by atoms with E-state index in [-0.39, 0.29) is 5.91 Å². The number of nitrogens with one attached hydrogen (secondary N) is 1. The molecule has 1 N–H and O–H groups in total. The zero-order valence-electron chi connectivity index (χ0n) is 12.3. The number of nitrogens with zero attached hydrogens (tertiary/aromatic N) is 1. The maximum atomic E-state index is 12.1. The van der Waals surface area contributed by atoms with Gasteiger partial charge in [0, 0.05) is 18.2 Å². The molecule has 2 fully saturated rings. The molecule has 1 aliphatic carbocycles. The quantitative estimate of drug-likeness (QED) is 0.913. The molecular formula is C17H24N2O. The van der Waals surface area contributed by atoms with Crippen molar-refractivity contribution in [3.05, 3.63) is 29.8 Å². The first kappa shape index (κ1) is 13.6. The zero-order chi connectivity index (χ0) is 13.9. The molecule has 20 heavy (non-hydrogen) atoms. The maximum Gasteiger partial charge on any atom is 0.224 e. The van der Waals surface area contributed by atoms with Gasteiger partial charge in [0.1, 0.15) is 0 Å². The number of carbonyl (C=O) groups excluding carboxylic acids is 1. The van der Waals surface area contributed by atoms with Gasteiger partial charge < -0.3 is 10.2 Å². The summed E-state index contributed by atoms with van der Waals surface area (Å²) in [4.78, 5) is 14.7. The van der Waals surface area contributed by atoms with Gasteiger partial charge in [-0.2, -0.15) is 0 Å². The first-order chi connectivity index (χ1) is 9.70. The van der Waals surface area contributed by atoms with E-state index < -0.39 is 0 Å². The molecule has 0 atom stereocenters. The smallest absolute Gasteiger partial charge is 0.224 e. The lowest BCUT2D eigenvalue weighted by atomic mass is 9.93. The Hall–Kier alpha value is -1.35. The van der Waals surface area contributed by atoms with Crippen molar-refractivity contribution in [2.24, 2.45) is 5.92 Å². The number of carbonyl (C=O) groups is 1. The van der Waals surface area contributed by atoms with E-state index in [0.717, 1.165) is 11.7 Å². The molecule has 1 aromatic carbocycles. The Morgan fingerprint density at radius 3 is 2.65 bits per heavy atom. The van der Waals surface area contributed by atoms with Crippen LogP contribution >= 0.6 is 0 Å². The number of hydrogen-bond acceptors (Lipinski definition) is 2. The lowest BCUT2D eigenvalue weighted by molar-refractivity contribution is -0.117. The number of benzene rings is 1. The molecule has 2 aliphatic rings. The van der Waals surface area contributed by atoms with Gasteiger partial charge in [0.25, 0.3) is 0 Å². The number of aryl methyl sites for hydroxylation is 1. The predicted octanol–water partition coefficient (Wildman–Crippen LogP) is 3.20. The van der Waals surface area contributed by atoms with Crippen LogP contribution in [0, 0.1) is 12.8 Å². The van der Waals surface area contributed by atoms with Crippen LogP contribution in [-0.2, 0) is 4.79 Å². The van der Waals surface area contributed by atoms with Gasteiger partial charge in [-0.3, -0.25) is 4.79 Å². The monoisotopic (exact) mass is 272 g/mol. The minimum atomic E-state index is 0.167. The Morgan fingerprint density at radius 1 is 1.25 bits per heavy atom. The highest BCUT2D eigenvalue weighted by Crippen LogP contribution is 2.31. The van der Waals surface area contributed by atoms with Crippen molar-refractivity contribution in [3.63, 3.8) is 0 Å². The number of amides is 1. The molecule has 3 rings (SSSR count).